The lowest BCUT2D eigenvalue weighted by atomic mass is 10.1. The van der Waals surface area contributed by atoms with E-state index in [9.17, 15) is 8.42 Å². The number of hydrogen-bond acceptors (Lipinski definition) is 7. The molecule has 1 unspecified atom stereocenters. The van der Waals surface area contributed by atoms with Gasteiger partial charge in [0.05, 0.1) is 12.4 Å². The van der Waals surface area contributed by atoms with Gasteiger partial charge in [-0.2, -0.15) is 0 Å². The highest BCUT2D eigenvalue weighted by Crippen LogP contribution is 2.19. The van der Waals surface area contributed by atoms with Gasteiger partial charge in [0.25, 0.3) is 0 Å². The van der Waals surface area contributed by atoms with Crippen LogP contribution >= 0.6 is 0 Å². The predicted octanol–water partition coefficient (Wildman–Crippen LogP) is -0.666. The average Bonchev–Trinajstić information content (AvgIpc) is 2.84. The highest BCUT2D eigenvalue weighted by Gasteiger charge is 2.27. The lowest BCUT2D eigenvalue weighted by Gasteiger charge is -2.20. The summed E-state index contributed by atoms with van der Waals surface area (Å²) in [4.78, 5) is 9.94. The van der Waals surface area contributed by atoms with Gasteiger partial charge in [-0.1, -0.05) is 0 Å². The molecule has 1 aliphatic rings. The fourth-order valence-corrected chi connectivity index (χ4v) is 3.48. The first-order chi connectivity index (χ1) is 9.43. The van der Waals surface area contributed by atoms with E-state index in [1.807, 2.05) is 7.05 Å². The monoisotopic (exact) mass is 300 g/mol. The topological polar surface area (TPSA) is 104 Å². The maximum absolute atomic E-state index is 12.4. The Labute approximate surface area is 119 Å². The number of nitrogens with two attached hydrogens (primary N) is 1. The molecule has 1 aromatic rings. The molecule has 0 radical (unpaired) electrons. The Kier molecular flexibility index (Phi) is 4.53. The second kappa shape index (κ2) is 6.00. The molecular formula is C11H20N6O2S. The minimum atomic E-state index is -3.55. The smallest absolute Gasteiger partial charge is 0.245 e. The maximum Gasteiger partial charge on any atom is 0.245 e. The van der Waals surface area contributed by atoms with Gasteiger partial charge in [-0.25, -0.2) is 28.5 Å². The van der Waals surface area contributed by atoms with E-state index in [0.717, 1.165) is 19.5 Å². The molecule has 20 heavy (non-hydrogen) atoms. The minimum absolute atomic E-state index is 0.0744. The number of likely N-dealkylation sites (tertiary alicyclic amines) is 1. The molecule has 1 aromatic heterocycles. The average molecular weight is 300 g/mol. The predicted molar refractivity (Wildman–Crippen MR) is 75.3 cm³/mol. The van der Waals surface area contributed by atoms with Gasteiger partial charge in [-0.15, -0.1) is 0 Å². The van der Waals surface area contributed by atoms with Crippen molar-refractivity contribution in [2.75, 3.05) is 39.2 Å². The van der Waals surface area contributed by atoms with Gasteiger partial charge in [0.15, 0.2) is 0 Å². The van der Waals surface area contributed by atoms with Gasteiger partial charge in [0.1, 0.15) is 4.90 Å². The number of sulfonamides is 1. The number of nitrogen functional groups attached to an aromatic ring is 1. The standard InChI is InChI=1S/C11H20N6O2S/c1-16-4-3-9(7-16)8-17(2)20(18,19)10-5-13-11(15-12)14-6-10/h5-6,9H,3-4,7-8,12H2,1-2H3,(H,13,14,15). The number of anilines is 1. The molecule has 2 rings (SSSR count). The summed E-state index contributed by atoms with van der Waals surface area (Å²) in [6.07, 6.45) is 3.53. The van der Waals surface area contributed by atoms with Crippen LogP contribution in [0.15, 0.2) is 17.3 Å². The van der Waals surface area contributed by atoms with Crippen LogP contribution in [0.1, 0.15) is 6.42 Å². The second-order valence-corrected chi connectivity index (χ2v) is 7.13. The van der Waals surface area contributed by atoms with E-state index in [4.69, 9.17) is 5.84 Å². The van der Waals surface area contributed by atoms with Gasteiger partial charge < -0.3 is 4.90 Å². The van der Waals surface area contributed by atoms with Crippen molar-refractivity contribution in [1.29, 1.82) is 0 Å². The van der Waals surface area contributed by atoms with Crippen molar-refractivity contribution < 1.29 is 8.42 Å². The third-order valence-electron chi connectivity index (χ3n) is 3.47. The van der Waals surface area contributed by atoms with E-state index < -0.39 is 10.0 Å². The molecule has 0 aromatic carbocycles. The van der Waals surface area contributed by atoms with Crippen molar-refractivity contribution in [3.8, 4) is 0 Å². The molecule has 9 heteroatoms. The van der Waals surface area contributed by atoms with Crippen molar-refractivity contribution in [2.24, 2.45) is 11.8 Å². The lowest BCUT2D eigenvalue weighted by Crippen LogP contribution is -2.33. The van der Waals surface area contributed by atoms with E-state index in [1.54, 1.807) is 7.05 Å². The second-order valence-electron chi connectivity index (χ2n) is 5.09. The molecule has 1 atom stereocenters. The first kappa shape index (κ1) is 15.1. The Morgan fingerprint density at radius 2 is 2.15 bits per heavy atom. The summed E-state index contributed by atoms with van der Waals surface area (Å²) in [5, 5.41) is 0. The maximum atomic E-state index is 12.4. The number of hydrazine groups is 1. The van der Waals surface area contributed by atoms with Gasteiger partial charge in [-0.3, -0.25) is 5.43 Å². The third kappa shape index (κ3) is 3.23. The normalized spacial score (nSPS) is 20.5. The van der Waals surface area contributed by atoms with Gasteiger partial charge >= 0.3 is 0 Å². The van der Waals surface area contributed by atoms with Crippen LogP contribution in [0.4, 0.5) is 5.95 Å². The quantitative estimate of drug-likeness (QED) is 0.549. The van der Waals surface area contributed by atoms with Gasteiger partial charge in [0, 0.05) is 20.1 Å². The Morgan fingerprint density at radius 3 is 2.65 bits per heavy atom. The molecular weight excluding hydrogens is 280 g/mol. The van der Waals surface area contributed by atoms with E-state index in [1.165, 1.54) is 16.7 Å². The Bertz CT molecular complexity index is 547. The summed E-state index contributed by atoms with van der Waals surface area (Å²) >= 11 is 0. The number of nitrogens with one attached hydrogen (secondary N) is 1. The molecule has 8 nitrogen and oxygen atoms in total. The molecule has 1 fully saturated rings. The molecule has 0 saturated carbocycles. The summed E-state index contributed by atoms with van der Waals surface area (Å²) in [6.45, 7) is 2.44. The van der Waals surface area contributed by atoms with Crippen LogP contribution in [0.25, 0.3) is 0 Å². The van der Waals surface area contributed by atoms with Crippen molar-refractivity contribution >= 4 is 16.0 Å². The zero-order valence-corrected chi connectivity index (χ0v) is 12.5. The Morgan fingerprint density at radius 1 is 1.50 bits per heavy atom. The molecule has 1 saturated heterocycles. The van der Waals surface area contributed by atoms with Crippen molar-refractivity contribution in [2.45, 2.75) is 11.3 Å². The Balaban J connectivity index is 2.08. The van der Waals surface area contributed by atoms with Crippen LogP contribution in [-0.2, 0) is 10.0 Å². The number of nitrogens with zero attached hydrogens (tertiary/aromatic N) is 4. The fourth-order valence-electron chi connectivity index (χ4n) is 2.34. The molecule has 2 heterocycles. The highest BCUT2D eigenvalue weighted by atomic mass is 32.2. The first-order valence-electron chi connectivity index (χ1n) is 6.37. The third-order valence-corrected chi connectivity index (χ3v) is 5.25. The SMILES string of the molecule is CN1CCC(CN(C)S(=O)(=O)c2cnc(NN)nc2)C1. The molecule has 1 aliphatic heterocycles. The summed E-state index contributed by atoms with van der Waals surface area (Å²) < 4.78 is 26.1. The van der Waals surface area contributed by atoms with Crippen LogP contribution in [-0.4, -0.2) is 61.3 Å². The van der Waals surface area contributed by atoms with Crippen LogP contribution < -0.4 is 11.3 Å². The highest BCUT2D eigenvalue weighted by molar-refractivity contribution is 7.89. The first-order valence-corrected chi connectivity index (χ1v) is 7.81. The molecule has 0 aliphatic carbocycles. The molecule has 112 valence electrons. The summed E-state index contributed by atoms with van der Waals surface area (Å²) in [5.41, 5.74) is 2.26. The number of hydrogen-bond donors (Lipinski definition) is 2. The van der Waals surface area contributed by atoms with Gasteiger partial charge in [-0.05, 0) is 25.9 Å². The van der Waals surface area contributed by atoms with Crippen LogP contribution in [0, 0.1) is 5.92 Å². The molecule has 3 N–H and O–H groups in total. The van der Waals surface area contributed by atoms with Gasteiger partial charge in [0.2, 0.25) is 16.0 Å². The van der Waals surface area contributed by atoms with E-state index in [0.29, 0.717) is 12.5 Å². The number of rotatable bonds is 5. The zero-order chi connectivity index (χ0) is 14.8. The fraction of sp³-hybridized carbons (Fsp3) is 0.636. The van der Waals surface area contributed by atoms with E-state index >= 15 is 0 Å². The lowest BCUT2D eigenvalue weighted by molar-refractivity contribution is 0.356. The summed E-state index contributed by atoms with van der Waals surface area (Å²) in [7, 11) is 0.0809. The summed E-state index contributed by atoms with van der Waals surface area (Å²) in [6, 6.07) is 0. The van der Waals surface area contributed by atoms with Crippen LogP contribution in [0.3, 0.4) is 0 Å². The molecule has 0 bridgehead atoms. The Hall–Kier alpha value is -1.29. The zero-order valence-electron chi connectivity index (χ0n) is 11.7. The van der Waals surface area contributed by atoms with Crippen molar-refractivity contribution in [3.63, 3.8) is 0 Å². The molecule has 0 amide bonds. The minimum Gasteiger partial charge on any atom is -0.306 e. The largest absolute Gasteiger partial charge is 0.306 e. The van der Waals surface area contributed by atoms with E-state index in [2.05, 4.69) is 20.3 Å². The summed E-state index contributed by atoms with van der Waals surface area (Å²) in [5.74, 6) is 5.70. The van der Waals surface area contributed by atoms with E-state index in [-0.39, 0.29) is 10.8 Å². The van der Waals surface area contributed by atoms with Crippen LogP contribution in [0.5, 0.6) is 0 Å². The number of aromatic nitrogens is 2. The van der Waals surface area contributed by atoms with Crippen molar-refractivity contribution in [1.82, 2.24) is 19.2 Å². The van der Waals surface area contributed by atoms with Crippen molar-refractivity contribution in [3.05, 3.63) is 12.4 Å². The van der Waals surface area contributed by atoms with Crippen LogP contribution in [0.2, 0.25) is 0 Å². The molecule has 0 spiro atoms.